The quantitative estimate of drug-likeness (QED) is 0.480. The summed E-state index contributed by atoms with van der Waals surface area (Å²) in [6.07, 6.45) is 0.914. The number of carbonyl (C=O) groups is 1. The molecule has 0 aliphatic rings. The van der Waals surface area contributed by atoms with Gasteiger partial charge in [-0.25, -0.2) is 0 Å². The molecule has 90 valence electrons. The lowest BCUT2D eigenvalue weighted by Crippen LogP contribution is -2.37. The first-order valence-corrected chi connectivity index (χ1v) is 5.16. The summed E-state index contributed by atoms with van der Waals surface area (Å²) >= 11 is 0. The van der Waals surface area contributed by atoms with Crippen molar-refractivity contribution in [1.29, 1.82) is 0 Å². The van der Waals surface area contributed by atoms with Crippen LogP contribution < -0.4 is 10.6 Å². The first-order valence-electron chi connectivity index (χ1n) is 5.16. The molecule has 0 fully saturated rings. The van der Waals surface area contributed by atoms with Gasteiger partial charge in [0, 0.05) is 18.7 Å². The minimum Gasteiger partial charge on any atom is -0.387 e. The molecular weight excluding hydrogens is 196 g/mol. The summed E-state index contributed by atoms with van der Waals surface area (Å²) < 4.78 is 5.33. The van der Waals surface area contributed by atoms with Crippen LogP contribution in [0.25, 0.3) is 0 Å². The Morgan fingerprint density at radius 2 is 2.07 bits per heavy atom. The summed E-state index contributed by atoms with van der Waals surface area (Å²) in [6, 6.07) is 0. The van der Waals surface area contributed by atoms with Crippen LogP contribution in [0.1, 0.15) is 20.3 Å². The van der Waals surface area contributed by atoms with Crippen LogP contribution in [0.15, 0.2) is 0 Å². The van der Waals surface area contributed by atoms with Gasteiger partial charge < -0.3 is 20.5 Å². The van der Waals surface area contributed by atoms with Crippen molar-refractivity contribution in [2.24, 2.45) is 0 Å². The highest BCUT2D eigenvalue weighted by molar-refractivity contribution is 5.76. The number of aliphatic hydroxyl groups is 1. The Hall–Kier alpha value is -0.650. The molecule has 0 saturated carbocycles. The maximum atomic E-state index is 10.6. The van der Waals surface area contributed by atoms with Gasteiger partial charge in [0.1, 0.15) is 6.61 Å². The molecule has 0 aromatic heterocycles. The second-order valence-corrected chi connectivity index (χ2v) is 4.00. The van der Waals surface area contributed by atoms with E-state index in [1.807, 2.05) is 7.05 Å². The normalized spacial score (nSPS) is 11.5. The van der Waals surface area contributed by atoms with Crippen molar-refractivity contribution in [2.45, 2.75) is 25.8 Å². The SMILES string of the molecule is CNC(C)(C)CCOCCNC(=O)CO. The monoisotopic (exact) mass is 218 g/mol. The number of aliphatic hydroxyl groups excluding tert-OH is 1. The first-order chi connectivity index (χ1) is 7.02. The third-order valence-electron chi connectivity index (χ3n) is 2.26. The van der Waals surface area contributed by atoms with Gasteiger partial charge in [0.25, 0.3) is 0 Å². The minimum absolute atomic E-state index is 0.0777. The van der Waals surface area contributed by atoms with Crippen LogP contribution in [-0.4, -0.2) is 50.0 Å². The first kappa shape index (κ1) is 14.3. The van der Waals surface area contributed by atoms with Gasteiger partial charge in [-0.2, -0.15) is 0 Å². The predicted octanol–water partition coefficient (Wildman–Crippen LogP) is -0.500. The Morgan fingerprint density at radius 3 is 2.60 bits per heavy atom. The fraction of sp³-hybridized carbons (Fsp3) is 0.900. The zero-order valence-corrected chi connectivity index (χ0v) is 9.80. The van der Waals surface area contributed by atoms with Crippen LogP contribution in [0.5, 0.6) is 0 Å². The second-order valence-electron chi connectivity index (χ2n) is 4.00. The van der Waals surface area contributed by atoms with Gasteiger partial charge in [-0.15, -0.1) is 0 Å². The number of amides is 1. The highest BCUT2D eigenvalue weighted by Crippen LogP contribution is 2.06. The fourth-order valence-electron chi connectivity index (χ4n) is 0.873. The molecule has 0 aromatic rings. The summed E-state index contributed by atoms with van der Waals surface area (Å²) in [4.78, 5) is 10.6. The lowest BCUT2D eigenvalue weighted by Gasteiger charge is -2.23. The predicted molar refractivity (Wildman–Crippen MR) is 58.7 cm³/mol. The third kappa shape index (κ3) is 8.35. The number of rotatable bonds is 8. The highest BCUT2D eigenvalue weighted by atomic mass is 16.5. The van der Waals surface area contributed by atoms with Crippen LogP contribution in [0.4, 0.5) is 0 Å². The van der Waals surface area contributed by atoms with Crippen molar-refractivity contribution in [3.63, 3.8) is 0 Å². The van der Waals surface area contributed by atoms with E-state index in [4.69, 9.17) is 9.84 Å². The molecule has 0 radical (unpaired) electrons. The number of nitrogens with one attached hydrogen (secondary N) is 2. The maximum Gasteiger partial charge on any atom is 0.245 e. The third-order valence-corrected chi connectivity index (χ3v) is 2.26. The molecule has 0 aliphatic carbocycles. The Morgan fingerprint density at radius 1 is 1.40 bits per heavy atom. The van der Waals surface area contributed by atoms with E-state index in [2.05, 4.69) is 24.5 Å². The lowest BCUT2D eigenvalue weighted by atomic mass is 10.0. The Bertz CT molecular complexity index is 184. The average molecular weight is 218 g/mol. The summed E-state index contributed by atoms with van der Waals surface area (Å²) in [6.45, 7) is 5.31. The number of ether oxygens (including phenoxy) is 1. The van der Waals surface area contributed by atoms with Crippen LogP contribution in [0.2, 0.25) is 0 Å². The van der Waals surface area contributed by atoms with Crippen molar-refractivity contribution >= 4 is 5.91 Å². The van der Waals surface area contributed by atoms with Crippen molar-refractivity contribution in [1.82, 2.24) is 10.6 Å². The molecule has 1 amide bonds. The molecule has 0 aromatic carbocycles. The zero-order valence-electron chi connectivity index (χ0n) is 9.80. The molecule has 0 bridgehead atoms. The van der Waals surface area contributed by atoms with E-state index in [1.54, 1.807) is 0 Å². The van der Waals surface area contributed by atoms with Gasteiger partial charge in [0.15, 0.2) is 0 Å². The van der Waals surface area contributed by atoms with Crippen LogP contribution in [0.3, 0.4) is 0 Å². The van der Waals surface area contributed by atoms with E-state index >= 15 is 0 Å². The molecule has 0 spiro atoms. The molecule has 3 N–H and O–H groups in total. The Labute approximate surface area is 91.2 Å². The van der Waals surface area contributed by atoms with Gasteiger partial charge in [-0.3, -0.25) is 4.79 Å². The topological polar surface area (TPSA) is 70.6 Å². The van der Waals surface area contributed by atoms with Gasteiger partial charge in [0.05, 0.1) is 6.61 Å². The molecule has 5 nitrogen and oxygen atoms in total. The van der Waals surface area contributed by atoms with Crippen molar-refractivity contribution in [3.05, 3.63) is 0 Å². The Balaban J connectivity index is 3.29. The van der Waals surface area contributed by atoms with Crippen molar-refractivity contribution in [3.8, 4) is 0 Å². The molecule has 0 saturated heterocycles. The average Bonchev–Trinajstić information content (AvgIpc) is 2.22. The smallest absolute Gasteiger partial charge is 0.245 e. The number of hydrogen-bond acceptors (Lipinski definition) is 4. The van der Waals surface area contributed by atoms with Crippen LogP contribution >= 0.6 is 0 Å². The van der Waals surface area contributed by atoms with Crippen molar-refractivity contribution < 1.29 is 14.6 Å². The Kier molecular flexibility index (Phi) is 7.29. The molecule has 0 heterocycles. The largest absolute Gasteiger partial charge is 0.387 e. The highest BCUT2D eigenvalue weighted by Gasteiger charge is 2.13. The minimum atomic E-state index is -0.465. The van der Waals surface area contributed by atoms with E-state index in [9.17, 15) is 4.79 Å². The maximum absolute atomic E-state index is 10.6. The van der Waals surface area contributed by atoms with Crippen LogP contribution in [-0.2, 0) is 9.53 Å². The van der Waals surface area contributed by atoms with E-state index in [0.29, 0.717) is 19.8 Å². The summed E-state index contributed by atoms with van der Waals surface area (Å²) in [5.41, 5.74) is 0.0777. The lowest BCUT2D eigenvalue weighted by molar-refractivity contribution is -0.124. The zero-order chi connectivity index (χ0) is 11.7. The van der Waals surface area contributed by atoms with E-state index < -0.39 is 6.61 Å². The van der Waals surface area contributed by atoms with Crippen molar-refractivity contribution in [2.75, 3.05) is 33.4 Å². The summed E-state index contributed by atoms with van der Waals surface area (Å²) in [5, 5.41) is 14.1. The molecular formula is C10H22N2O3. The standard InChI is InChI=1S/C10H22N2O3/c1-10(2,11-3)4-6-15-7-5-12-9(14)8-13/h11,13H,4-8H2,1-3H3,(H,12,14). The molecule has 0 rings (SSSR count). The number of hydrogen-bond donors (Lipinski definition) is 3. The van der Waals surface area contributed by atoms with E-state index in [-0.39, 0.29) is 11.4 Å². The van der Waals surface area contributed by atoms with Gasteiger partial charge in [-0.1, -0.05) is 0 Å². The summed E-state index contributed by atoms with van der Waals surface area (Å²) in [7, 11) is 1.92. The van der Waals surface area contributed by atoms with E-state index in [1.165, 1.54) is 0 Å². The second kappa shape index (κ2) is 7.62. The molecule has 15 heavy (non-hydrogen) atoms. The summed E-state index contributed by atoms with van der Waals surface area (Å²) in [5.74, 6) is -0.367. The number of carbonyl (C=O) groups excluding carboxylic acids is 1. The molecule has 0 atom stereocenters. The van der Waals surface area contributed by atoms with Gasteiger partial charge >= 0.3 is 0 Å². The molecule has 0 unspecified atom stereocenters. The molecule has 5 heteroatoms. The van der Waals surface area contributed by atoms with Gasteiger partial charge in [0.2, 0.25) is 5.91 Å². The fourth-order valence-corrected chi connectivity index (χ4v) is 0.873. The van der Waals surface area contributed by atoms with Gasteiger partial charge in [-0.05, 0) is 27.3 Å². The molecule has 0 aliphatic heterocycles. The van der Waals surface area contributed by atoms with E-state index in [0.717, 1.165) is 6.42 Å². The van der Waals surface area contributed by atoms with Crippen LogP contribution in [0, 0.1) is 0 Å².